The van der Waals surface area contributed by atoms with Crippen LogP contribution >= 0.6 is 27.5 Å². The van der Waals surface area contributed by atoms with Gasteiger partial charge in [0.25, 0.3) is 0 Å². The lowest BCUT2D eigenvalue weighted by Gasteiger charge is -2.04. The van der Waals surface area contributed by atoms with Gasteiger partial charge in [-0.3, -0.25) is 4.68 Å². The quantitative estimate of drug-likeness (QED) is 0.605. The lowest BCUT2D eigenvalue weighted by atomic mass is 10.3. The molecule has 0 aliphatic heterocycles. The van der Waals surface area contributed by atoms with Gasteiger partial charge in [0.05, 0.1) is 22.4 Å². The molecule has 0 spiro atoms. The third-order valence-electron chi connectivity index (χ3n) is 1.86. The normalized spacial score (nSPS) is 10.5. The van der Waals surface area contributed by atoms with Crippen molar-refractivity contribution in [2.24, 2.45) is 0 Å². The number of alkyl halides is 1. The van der Waals surface area contributed by atoms with Crippen molar-refractivity contribution >= 4 is 27.5 Å². The molecule has 0 saturated carbocycles. The summed E-state index contributed by atoms with van der Waals surface area (Å²) < 4.78 is 2.97. The van der Waals surface area contributed by atoms with Crippen LogP contribution in [-0.2, 0) is 6.54 Å². The Morgan fingerprint density at radius 3 is 2.62 bits per heavy atom. The molecule has 0 aliphatic rings. The summed E-state index contributed by atoms with van der Waals surface area (Å²) in [5.41, 5.74) is 3.09. The summed E-state index contributed by atoms with van der Waals surface area (Å²) >= 11 is 9.11. The molecule has 0 aliphatic carbocycles. The summed E-state index contributed by atoms with van der Waals surface area (Å²) in [5, 5.41) is 4.35. The van der Waals surface area contributed by atoms with E-state index in [1.165, 1.54) is 0 Å². The molecular formula is C9H12BrClN2. The first-order chi connectivity index (χ1) is 6.06. The van der Waals surface area contributed by atoms with Crippen LogP contribution in [0.4, 0.5) is 0 Å². The summed E-state index contributed by atoms with van der Waals surface area (Å²) in [5.74, 6) is 0.482. The van der Waals surface area contributed by atoms with Gasteiger partial charge in [0.1, 0.15) is 0 Å². The van der Waals surface area contributed by atoms with Crippen molar-refractivity contribution in [1.82, 2.24) is 9.78 Å². The third kappa shape index (κ3) is 2.35. The first-order valence-corrected chi connectivity index (χ1v) is 5.31. The summed E-state index contributed by atoms with van der Waals surface area (Å²) in [6.45, 7) is 8.53. The molecule has 1 rings (SSSR count). The molecular weight excluding hydrogens is 251 g/mol. The molecule has 1 aromatic rings. The number of aryl methyl sites for hydroxylation is 1. The highest BCUT2D eigenvalue weighted by molar-refractivity contribution is 9.10. The standard InChI is InChI=1S/C9H12BrClN2/c1-6(4-11)5-13-8(3)9(10)7(2)12-13/h1,4-5H2,2-3H3. The molecule has 4 heteroatoms. The van der Waals surface area contributed by atoms with Crippen LogP contribution in [0, 0.1) is 13.8 Å². The van der Waals surface area contributed by atoms with Crippen LogP contribution in [0.5, 0.6) is 0 Å². The predicted molar refractivity (Wildman–Crippen MR) is 59.3 cm³/mol. The van der Waals surface area contributed by atoms with Gasteiger partial charge in [-0.1, -0.05) is 6.58 Å². The molecule has 0 aromatic carbocycles. The van der Waals surface area contributed by atoms with E-state index in [2.05, 4.69) is 27.6 Å². The monoisotopic (exact) mass is 262 g/mol. The number of nitrogens with zero attached hydrogens (tertiary/aromatic N) is 2. The van der Waals surface area contributed by atoms with Crippen LogP contribution in [0.1, 0.15) is 11.4 Å². The third-order valence-corrected chi connectivity index (χ3v) is 3.38. The minimum absolute atomic E-state index is 0.482. The zero-order valence-corrected chi connectivity index (χ0v) is 10.1. The molecule has 0 atom stereocenters. The number of halogens is 2. The molecule has 0 N–H and O–H groups in total. The molecule has 0 radical (unpaired) electrons. The largest absolute Gasteiger partial charge is 0.264 e. The second-order valence-corrected chi connectivity index (χ2v) is 4.09. The van der Waals surface area contributed by atoms with Crippen LogP contribution in [0.2, 0.25) is 0 Å². The van der Waals surface area contributed by atoms with Crippen LogP contribution in [0.25, 0.3) is 0 Å². The molecule has 0 bridgehead atoms. The highest BCUT2D eigenvalue weighted by Crippen LogP contribution is 2.20. The average Bonchev–Trinajstić information content (AvgIpc) is 2.34. The Morgan fingerprint density at radius 1 is 1.62 bits per heavy atom. The second-order valence-electron chi connectivity index (χ2n) is 3.03. The van der Waals surface area contributed by atoms with Crippen molar-refractivity contribution in [1.29, 1.82) is 0 Å². The predicted octanol–water partition coefficient (Wildman–Crippen LogP) is 3.06. The zero-order valence-electron chi connectivity index (χ0n) is 7.77. The van der Waals surface area contributed by atoms with Crippen LogP contribution in [-0.4, -0.2) is 15.7 Å². The first kappa shape index (κ1) is 10.8. The number of hydrogen-bond acceptors (Lipinski definition) is 1. The molecule has 0 fully saturated rings. The Morgan fingerprint density at radius 2 is 2.23 bits per heavy atom. The highest BCUT2D eigenvalue weighted by Gasteiger charge is 2.08. The molecule has 0 unspecified atom stereocenters. The Hall–Kier alpha value is -0.280. The van der Waals surface area contributed by atoms with Gasteiger partial charge in [0.2, 0.25) is 0 Å². The van der Waals surface area contributed by atoms with Crippen molar-refractivity contribution in [2.75, 3.05) is 5.88 Å². The number of hydrogen-bond donors (Lipinski definition) is 0. The fourth-order valence-electron chi connectivity index (χ4n) is 1.08. The van der Waals surface area contributed by atoms with E-state index in [1.807, 2.05) is 18.5 Å². The topological polar surface area (TPSA) is 17.8 Å². The van der Waals surface area contributed by atoms with E-state index in [1.54, 1.807) is 0 Å². The van der Waals surface area contributed by atoms with E-state index >= 15 is 0 Å². The van der Waals surface area contributed by atoms with Crippen molar-refractivity contribution in [3.63, 3.8) is 0 Å². The zero-order chi connectivity index (χ0) is 10.0. The van der Waals surface area contributed by atoms with Crippen LogP contribution < -0.4 is 0 Å². The summed E-state index contributed by atoms with van der Waals surface area (Å²) in [6.07, 6.45) is 0. The lowest BCUT2D eigenvalue weighted by molar-refractivity contribution is 0.652. The molecule has 0 saturated heterocycles. The summed E-state index contributed by atoms with van der Waals surface area (Å²) in [6, 6.07) is 0. The van der Waals surface area contributed by atoms with Crippen molar-refractivity contribution in [3.8, 4) is 0 Å². The highest BCUT2D eigenvalue weighted by atomic mass is 79.9. The maximum Gasteiger partial charge on any atom is 0.0738 e. The number of aromatic nitrogens is 2. The maximum atomic E-state index is 5.65. The Labute approximate surface area is 91.7 Å². The number of rotatable bonds is 3. The SMILES string of the molecule is C=C(CCl)Cn1nc(C)c(Br)c1C. The maximum absolute atomic E-state index is 5.65. The molecule has 1 aromatic heterocycles. The Kier molecular flexibility index (Phi) is 3.56. The van der Waals surface area contributed by atoms with E-state index in [0.29, 0.717) is 12.4 Å². The molecule has 0 amide bonds. The minimum atomic E-state index is 0.482. The first-order valence-electron chi connectivity index (χ1n) is 3.98. The lowest BCUT2D eigenvalue weighted by Crippen LogP contribution is -2.05. The smallest absolute Gasteiger partial charge is 0.0738 e. The fraction of sp³-hybridized carbons (Fsp3) is 0.444. The van der Waals surface area contributed by atoms with Gasteiger partial charge in [-0.15, -0.1) is 11.6 Å². The molecule has 72 valence electrons. The van der Waals surface area contributed by atoms with Gasteiger partial charge >= 0.3 is 0 Å². The molecule has 1 heterocycles. The van der Waals surface area contributed by atoms with E-state index in [4.69, 9.17) is 11.6 Å². The van der Waals surface area contributed by atoms with Gasteiger partial charge < -0.3 is 0 Å². The van der Waals surface area contributed by atoms with E-state index < -0.39 is 0 Å². The van der Waals surface area contributed by atoms with Crippen molar-refractivity contribution in [2.45, 2.75) is 20.4 Å². The van der Waals surface area contributed by atoms with Gasteiger partial charge in [0, 0.05) is 5.88 Å². The second kappa shape index (κ2) is 4.29. The molecule has 2 nitrogen and oxygen atoms in total. The van der Waals surface area contributed by atoms with Gasteiger partial charge in [-0.05, 0) is 35.4 Å². The van der Waals surface area contributed by atoms with E-state index in [-0.39, 0.29) is 0 Å². The van der Waals surface area contributed by atoms with Crippen LogP contribution in [0.3, 0.4) is 0 Å². The number of allylic oxidation sites excluding steroid dienone is 1. The van der Waals surface area contributed by atoms with Crippen LogP contribution in [0.15, 0.2) is 16.6 Å². The molecule has 13 heavy (non-hydrogen) atoms. The Balaban J connectivity index is 2.90. The van der Waals surface area contributed by atoms with E-state index in [0.717, 1.165) is 21.4 Å². The van der Waals surface area contributed by atoms with Crippen molar-refractivity contribution in [3.05, 3.63) is 28.0 Å². The van der Waals surface area contributed by atoms with Gasteiger partial charge in [0.15, 0.2) is 0 Å². The van der Waals surface area contributed by atoms with Crippen molar-refractivity contribution < 1.29 is 0 Å². The minimum Gasteiger partial charge on any atom is -0.264 e. The van der Waals surface area contributed by atoms with Gasteiger partial charge in [-0.25, -0.2) is 0 Å². The fourth-order valence-corrected chi connectivity index (χ4v) is 1.45. The van der Waals surface area contributed by atoms with Gasteiger partial charge in [-0.2, -0.15) is 5.10 Å². The van der Waals surface area contributed by atoms with E-state index in [9.17, 15) is 0 Å². The summed E-state index contributed by atoms with van der Waals surface area (Å²) in [4.78, 5) is 0. The average molecular weight is 264 g/mol. The Bertz CT molecular complexity index is 331. The summed E-state index contributed by atoms with van der Waals surface area (Å²) in [7, 11) is 0.